The molecule has 1 unspecified atom stereocenters. The molecule has 12 heteroatoms. The van der Waals surface area contributed by atoms with E-state index in [1.54, 1.807) is 48.6 Å². The summed E-state index contributed by atoms with van der Waals surface area (Å²) in [6.45, 7) is 9.57. The quantitative estimate of drug-likeness (QED) is 0.328. The summed E-state index contributed by atoms with van der Waals surface area (Å²) in [5, 5.41) is 15.9. The molecule has 4 heterocycles. The molecular weight excluding hydrogens is 488 g/mol. The van der Waals surface area contributed by atoms with Crippen molar-refractivity contribution in [2.75, 3.05) is 7.11 Å². The predicted octanol–water partition coefficient (Wildman–Crippen LogP) is 3.88. The van der Waals surface area contributed by atoms with E-state index in [9.17, 15) is 9.59 Å². The number of hydrogen-bond donors (Lipinski definition) is 1. The molecule has 0 bridgehead atoms. The fraction of sp³-hybridized carbons (Fsp3) is 0.462. The number of ether oxygens (including phenoxy) is 2. The number of carbonyl (C=O) groups is 2. The zero-order chi connectivity index (χ0) is 27.4. The zero-order valence-corrected chi connectivity index (χ0v) is 22.6. The van der Waals surface area contributed by atoms with E-state index in [4.69, 9.17) is 14.5 Å². The van der Waals surface area contributed by atoms with Crippen molar-refractivity contribution in [3.63, 3.8) is 0 Å². The normalized spacial score (nSPS) is 12.6. The fourth-order valence-electron chi connectivity index (χ4n) is 4.16. The fourth-order valence-corrected chi connectivity index (χ4v) is 4.16. The van der Waals surface area contributed by atoms with Gasteiger partial charge in [0.25, 0.3) is 0 Å². The van der Waals surface area contributed by atoms with E-state index in [2.05, 4.69) is 34.5 Å². The van der Waals surface area contributed by atoms with Gasteiger partial charge in [0.1, 0.15) is 11.6 Å². The predicted molar refractivity (Wildman–Crippen MR) is 140 cm³/mol. The lowest BCUT2D eigenvalue weighted by Gasteiger charge is -2.22. The lowest BCUT2D eigenvalue weighted by molar-refractivity contribution is -0.143. The minimum atomic E-state index is -0.990. The molecule has 0 aliphatic rings. The summed E-state index contributed by atoms with van der Waals surface area (Å²) in [4.78, 5) is 29.5. The molecular formula is C26H34N8O4. The third-order valence-electron chi connectivity index (χ3n) is 6.06. The highest BCUT2D eigenvalue weighted by atomic mass is 16.6. The first-order chi connectivity index (χ1) is 18.1. The molecule has 4 rings (SSSR count). The lowest BCUT2D eigenvalue weighted by Crippen LogP contribution is -2.46. The first-order valence-corrected chi connectivity index (χ1v) is 12.6. The van der Waals surface area contributed by atoms with Crippen LogP contribution in [0.4, 0.5) is 4.79 Å². The van der Waals surface area contributed by atoms with E-state index in [1.165, 1.54) is 7.11 Å². The van der Waals surface area contributed by atoms with Gasteiger partial charge in [-0.3, -0.25) is 9.36 Å². The van der Waals surface area contributed by atoms with Crippen LogP contribution in [0, 0.1) is 0 Å². The smallest absolute Gasteiger partial charge is 0.408 e. The molecule has 0 aromatic carbocycles. The van der Waals surface area contributed by atoms with Crippen LogP contribution in [0.2, 0.25) is 0 Å². The Balaban J connectivity index is 1.61. The third-order valence-corrected chi connectivity index (χ3v) is 6.06. The number of rotatable bonds is 9. The molecule has 12 nitrogen and oxygen atoms in total. The highest BCUT2D eigenvalue weighted by molar-refractivity contribution is 5.81. The zero-order valence-electron chi connectivity index (χ0n) is 22.6. The van der Waals surface area contributed by atoms with Crippen LogP contribution >= 0.6 is 0 Å². The molecule has 0 spiro atoms. The van der Waals surface area contributed by atoms with Crippen LogP contribution in [0.15, 0.2) is 43.2 Å². The number of alkyl carbamates (subject to hydrolysis) is 1. The van der Waals surface area contributed by atoms with E-state index in [0.717, 1.165) is 35.2 Å². The van der Waals surface area contributed by atoms with Gasteiger partial charge in [-0.1, -0.05) is 13.8 Å². The van der Waals surface area contributed by atoms with Gasteiger partial charge in [0.15, 0.2) is 0 Å². The largest absolute Gasteiger partial charge is 0.467 e. The molecule has 0 aliphatic carbocycles. The second-order valence-corrected chi connectivity index (χ2v) is 9.99. The standard InChI is InChI=1S/C26H34N8O4/c1-7-19(8-2)33-14-18(12-29-33)23-22-9-10-27-34(22)16-20(30-23)17-11-28-32(13-17)15-21(24(35)37-6)31-25(36)38-26(3,4)5/h9-14,16,19,21H,7-8,15H2,1-6H3,(H,31,36). The minimum Gasteiger partial charge on any atom is -0.467 e. The summed E-state index contributed by atoms with van der Waals surface area (Å²) in [6, 6.07) is 1.24. The number of esters is 1. The number of hydrogen-bond acceptors (Lipinski definition) is 8. The number of nitrogens with zero attached hydrogens (tertiary/aromatic N) is 7. The second-order valence-electron chi connectivity index (χ2n) is 9.99. The van der Waals surface area contributed by atoms with Crippen LogP contribution in [0.1, 0.15) is 53.5 Å². The SMILES string of the molecule is CCC(CC)n1cc(-c2nc(-c3cnn(CC(NC(=O)OC(C)(C)C)C(=O)OC)c3)cn3nccc23)cn1. The van der Waals surface area contributed by atoms with Crippen molar-refractivity contribution in [2.45, 2.75) is 71.7 Å². The van der Waals surface area contributed by atoms with Crippen molar-refractivity contribution in [2.24, 2.45) is 0 Å². The van der Waals surface area contributed by atoms with Crippen LogP contribution in [0.5, 0.6) is 0 Å². The van der Waals surface area contributed by atoms with Gasteiger partial charge < -0.3 is 14.8 Å². The Morgan fingerprint density at radius 1 is 1.03 bits per heavy atom. The van der Waals surface area contributed by atoms with Gasteiger partial charge in [-0.25, -0.2) is 19.1 Å². The summed E-state index contributed by atoms with van der Waals surface area (Å²) in [7, 11) is 1.26. The summed E-state index contributed by atoms with van der Waals surface area (Å²) < 4.78 is 15.4. The molecule has 0 fully saturated rings. The van der Waals surface area contributed by atoms with Crippen molar-refractivity contribution in [3.8, 4) is 22.5 Å². The Bertz CT molecular complexity index is 1410. The highest BCUT2D eigenvalue weighted by Gasteiger charge is 2.26. The van der Waals surface area contributed by atoms with E-state index in [1.807, 2.05) is 29.3 Å². The summed E-state index contributed by atoms with van der Waals surface area (Å²) in [5.74, 6) is -0.610. The molecule has 0 aliphatic heterocycles. The van der Waals surface area contributed by atoms with Crippen LogP contribution in [0.25, 0.3) is 28.0 Å². The maximum absolute atomic E-state index is 12.3. The molecule has 0 saturated carbocycles. The Hall–Kier alpha value is -4.22. The van der Waals surface area contributed by atoms with Gasteiger partial charge in [0.2, 0.25) is 0 Å². The molecule has 4 aromatic heterocycles. The number of fused-ring (bicyclic) bond motifs is 1. The molecule has 202 valence electrons. The average molecular weight is 523 g/mol. The number of aromatic nitrogens is 7. The summed E-state index contributed by atoms with van der Waals surface area (Å²) in [6.07, 6.45) is 12.0. The van der Waals surface area contributed by atoms with E-state index in [-0.39, 0.29) is 6.54 Å². The number of methoxy groups -OCH3 is 1. The Morgan fingerprint density at radius 2 is 1.76 bits per heavy atom. The third kappa shape index (κ3) is 6.01. The van der Waals surface area contributed by atoms with Crippen molar-refractivity contribution in [3.05, 3.63) is 43.2 Å². The number of carbonyl (C=O) groups excluding carboxylic acids is 2. The second kappa shape index (κ2) is 11.0. The maximum atomic E-state index is 12.3. The summed E-state index contributed by atoms with van der Waals surface area (Å²) in [5.41, 5.74) is 3.16. The van der Waals surface area contributed by atoms with Gasteiger partial charge in [0, 0.05) is 23.5 Å². The van der Waals surface area contributed by atoms with Gasteiger partial charge >= 0.3 is 12.1 Å². The first kappa shape index (κ1) is 26.8. The van der Waals surface area contributed by atoms with Gasteiger partial charge in [-0.15, -0.1) is 0 Å². The Labute approximate surface area is 220 Å². The Kier molecular flexibility index (Phi) is 7.79. The van der Waals surface area contributed by atoms with E-state index >= 15 is 0 Å². The van der Waals surface area contributed by atoms with Gasteiger partial charge in [0.05, 0.1) is 61.4 Å². The van der Waals surface area contributed by atoms with Crippen molar-refractivity contribution >= 4 is 17.6 Å². The number of amides is 1. The van der Waals surface area contributed by atoms with E-state index < -0.39 is 23.7 Å². The molecule has 0 saturated heterocycles. The van der Waals surface area contributed by atoms with Crippen LogP contribution in [-0.2, 0) is 20.8 Å². The highest BCUT2D eigenvalue weighted by Crippen LogP contribution is 2.28. The first-order valence-electron chi connectivity index (χ1n) is 12.6. The Morgan fingerprint density at radius 3 is 2.45 bits per heavy atom. The number of nitrogens with one attached hydrogen (secondary N) is 1. The van der Waals surface area contributed by atoms with E-state index in [0.29, 0.717) is 11.7 Å². The van der Waals surface area contributed by atoms with Crippen LogP contribution < -0.4 is 5.32 Å². The van der Waals surface area contributed by atoms with Crippen LogP contribution in [0.3, 0.4) is 0 Å². The molecule has 1 N–H and O–H groups in total. The summed E-state index contributed by atoms with van der Waals surface area (Å²) >= 11 is 0. The molecule has 4 aromatic rings. The van der Waals surface area contributed by atoms with Gasteiger partial charge in [-0.2, -0.15) is 15.3 Å². The average Bonchev–Trinajstić information content (AvgIpc) is 3.63. The van der Waals surface area contributed by atoms with Gasteiger partial charge in [-0.05, 0) is 39.7 Å². The van der Waals surface area contributed by atoms with Crippen molar-refractivity contribution in [1.82, 2.24) is 39.5 Å². The maximum Gasteiger partial charge on any atom is 0.408 e. The molecule has 38 heavy (non-hydrogen) atoms. The van der Waals surface area contributed by atoms with Crippen molar-refractivity contribution in [1.29, 1.82) is 0 Å². The monoisotopic (exact) mass is 522 g/mol. The molecule has 0 radical (unpaired) electrons. The lowest BCUT2D eigenvalue weighted by atomic mass is 10.1. The van der Waals surface area contributed by atoms with Crippen molar-refractivity contribution < 1.29 is 19.1 Å². The van der Waals surface area contributed by atoms with Crippen LogP contribution in [-0.4, -0.2) is 65.0 Å². The topological polar surface area (TPSA) is 130 Å². The molecule has 1 atom stereocenters. The molecule has 1 amide bonds. The minimum absolute atomic E-state index is 0.0466.